The van der Waals surface area contributed by atoms with Crippen molar-refractivity contribution in [1.82, 2.24) is 4.98 Å². The van der Waals surface area contributed by atoms with Crippen LogP contribution < -0.4 is 0 Å². The maximum absolute atomic E-state index is 10.9. The Labute approximate surface area is 117 Å². The number of aldehydes is 1. The molecule has 0 aliphatic rings. The van der Waals surface area contributed by atoms with Gasteiger partial charge in [0.25, 0.3) is 0 Å². The van der Waals surface area contributed by atoms with Crippen LogP contribution in [0.2, 0.25) is 0 Å². The van der Waals surface area contributed by atoms with Crippen molar-refractivity contribution in [1.29, 1.82) is 0 Å². The Balaban J connectivity index is 1.67. The van der Waals surface area contributed by atoms with Crippen molar-refractivity contribution >= 4 is 17.2 Å². The topological polar surface area (TPSA) is 42.1 Å². The minimum atomic E-state index is 0.556. The molecule has 1 aromatic heterocycles. The SMILES string of the molecule is O=Cc1c[nH]c2cc(COCc3ccccc3)ccc12. The molecule has 0 unspecified atom stereocenters. The molecular formula is C17H15NO2. The van der Waals surface area contributed by atoms with Crippen LogP contribution in [-0.4, -0.2) is 11.3 Å². The van der Waals surface area contributed by atoms with Gasteiger partial charge in [0.2, 0.25) is 0 Å². The van der Waals surface area contributed by atoms with Crippen LogP contribution in [0.3, 0.4) is 0 Å². The highest BCUT2D eigenvalue weighted by Gasteiger charge is 2.03. The fraction of sp³-hybridized carbons (Fsp3) is 0.118. The van der Waals surface area contributed by atoms with E-state index in [1.807, 2.05) is 48.5 Å². The van der Waals surface area contributed by atoms with Crippen LogP contribution in [0.15, 0.2) is 54.7 Å². The second kappa shape index (κ2) is 5.72. The van der Waals surface area contributed by atoms with Gasteiger partial charge in [-0.2, -0.15) is 0 Å². The predicted molar refractivity (Wildman–Crippen MR) is 78.6 cm³/mol. The van der Waals surface area contributed by atoms with Crippen molar-refractivity contribution in [2.24, 2.45) is 0 Å². The van der Waals surface area contributed by atoms with Crippen LogP contribution >= 0.6 is 0 Å². The second-order valence-electron chi connectivity index (χ2n) is 4.72. The lowest BCUT2D eigenvalue weighted by Gasteiger charge is -2.05. The lowest BCUT2D eigenvalue weighted by atomic mass is 10.1. The van der Waals surface area contributed by atoms with E-state index in [9.17, 15) is 4.79 Å². The van der Waals surface area contributed by atoms with E-state index in [2.05, 4.69) is 4.98 Å². The average Bonchev–Trinajstić information content (AvgIpc) is 2.90. The molecule has 20 heavy (non-hydrogen) atoms. The summed E-state index contributed by atoms with van der Waals surface area (Å²) in [5.74, 6) is 0. The smallest absolute Gasteiger partial charge is 0.152 e. The monoisotopic (exact) mass is 265 g/mol. The Hall–Kier alpha value is -2.39. The molecule has 0 bridgehead atoms. The molecule has 3 rings (SSSR count). The number of carbonyl (C=O) groups excluding carboxylic acids is 1. The molecular weight excluding hydrogens is 250 g/mol. The molecule has 0 amide bonds. The number of nitrogens with one attached hydrogen (secondary N) is 1. The van der Waals surface area contributed by atoms with E-state index in [-0.39, 0.29) is 0 Å². The van der Waals surface area contributed by atoms with Crippen molar-refractivity contribution in [3.8, 4) is 0 Å². The van der Waals surface area contributed by atoms with Gasteiger partial charge in [-0.25, -0.2) is 0 Å². The summed E-state index contributed by atoms with van der Waals surface area (Å²) in [6.07, 6.45) is 2.59. The molecule has 0 saturated heterocycles. The second-order valence-corrected chi connectivity index (χ2v) is 4.72. The summed E-state index contributed by atoms with van der Waals surface area (Å²) in [5.41, 5.74) is 3.91. The molecule has 100 valence electrons. The minimum Gasteiger partial charge on any atom is -0.372 e. The number of aromatic amines is 1. The number of ether oxygens (including phenoxy) is 1. The first kappa shape index (κ1) is 12.6. The lowest BCUT2D eigenvalue weighted by Crippen LogP contribution is -1.94. The third-order valence-corrected chi connectivity index (χ3v) is 3.29. The first-order chi connectivity index (χ1) is 9.86. The number of H-pyrrole nitrogens is 1. The van der Waals surface area contributed by atoms with Gasteiger partial charge in [-0.3, -0.25) is 4.79 Å². The maximum atomic E-state index is 10.9. The number of benzene rings is 2. The van der Waals surface area contributed by atoms with E-state index >= 15 is 0 Å². The zero-order valence-electron chi connectivity index (χ0n) is 11.0. The molecule has 0 aliphatic heterocycles. The highest BCUT2D eigenvalue weighted by Crippen LogP contribution is 2.19. The van der Waals surface area contributed by atoms with Crippen molar-refractivity contribution in [2.75, 3.05) is 0 Å². The maximum Gasteiger partial charge on any atom is 0.152 e. The number of fused-ring (bicyclic) bond motifs is 1. The highest BCUT2D eigenvalue weighted by atomic mass is 16.5. The van der Waals surface area contributed by atoms with Gasteiger partial charge in [-0.15, -0.1) is 0 Å². The minimum absolute atomic E-state index is 0.556. The van der Waals surface area contributed by atoms with Crippen LogP contribution in [0, 0.1) is 0 Å². The van der Waals surface area contributed by atoms with E-state index in [0.717, 1.165) is 28.3 Å². The molecule has 0 aliphatic carbocycles. The Bertz CT molecular complexity index is 716. The third kappa shape index (κ3) is 2.63. The molecule has 0 atom stereocenters. The van der Waals surface area contributed by atoms with Crippen LogP contribution in [0.4, 0.5) is 0 Å². The summed E-state index contributed by atoms with van der Waals surface area (Å²) < 4.78 is 5.70. The normalized spacial score (nSPS) is 10.8. The number of rotatable bonds is 5. The summed E-state index contributed by atoms with van der Waals surface area (Å²) in [6.45, 7) is 1.16. The Morgan fingerprint density at radius 2 is 1.80 bits per heavy atom. The van der Waals surface area contributed by atoms with Crippen molar-refractivity contribution in [3.63, 3.8) is 0 Å². The summed E-state index contributed by atoms with van der Waals surface area (Å²) in [5, 5.41) is 0.951. The van der Waals surface area contributed by atoms with E-state index in [1.165, 1.54) is 0 Å². The molecule has 0 fully saturated rings. The predicted octanol–water partition coefficient (Wildman–Crippen LogP) is 3.70. The zero-order valence-corrected chi connectivity index (χ0v) is 11.0. The highest BCUT2D eigenvalue weighted by molar-refractivity contribution is 5.97. The molecule has 2 aromatic carbocycles. The summed E-state index contributed by atoms with van der Waals surface area (Å²) in [4.78, 5) is 14.0. The van der Waals surface area contributed by atoms with Gasteiger partial charge in [0, 0.05) is 22.7 Å². The van der Waals surface area contributed by atoms with Gasteiger partial charge in [0.1, 0.15) is 0 Å². The van der Waals surface area contributed by atoms with Gasteiger partial charge in [0.15, 0.2) is 6.29 Å². The lowest BCUT2D eigenvalue weighted by molar-refractivity contribution is 0.107. The number of hydrogen-bond donors (Lipinski definition) is 1. The summed E-state index contributed by atoms with van der Waals surface area (Å²) in [6, 6.07) is 16.1. The third-order valence-electron chi connectivity index (χ3n) is 3.29. The van der Waals surface area contributed by atoms with E-state index < -0.39 is 0 Å². The molecule has 0 spiro atoms. The first-order valence-electron chi connectivity index (χ1n) is 6.53. The van der Waals surface area contributed by atoms with Crippen molar-refractivity contribution in [2.45, 2.75) is 13.2 Å². The Morgan fingerprint density at radius 3 is 2.60 bits per heavy atom. The molecule has 0 radical (unpaired) electrons. The molecule has 0 saturated carbocycles. The number of carbonyl (C=O) groups is 1. The van der Waals surface area contributed by atoms with Crippen LogP contribution in [0.1, 0.15) is 21.5 Å². The van der Waals surface area contributed by atoms with Gasteiger partial charge in [-0.1, -0.05) is 42.5 Å². The average molecular weight is 265 g/mol. The number of hydrogen-bond acceptors (Lipinski definition) is 2. The van der Waals surface area contributed by atoms with E-state index in [1.54, 1.807) is 6.20 Å². The van der Waals surface area contributed by atoms with Crippen LogP contribution in [0.5, 0.6) is 0 Å². The van der Waals surface area contributed by atoms with Gasteiger partial charge < -0.3 is 9.72 Å². The summed E-state index contributed by atoms with van der Waals surface area (Å²) >= 11 is 0. The van der Waals surface area contributed by atoms with Gasteiger partial charge in [0.05, 0.1) is 13.2 Å². The van der Waals surface area contributed by atoms with Crippen LogP contribution in [0.25, 0.3) is 10.9 Å². The molecule has 3 nitrogen and oxygen atoms in total. The fourth-order valence-corrected chi connectivity index (χ4v) is 2.24. The molecule has 3 aromatic rings. The standard InChI is InChI=1S/C17H15NO2/c19-10-15-9-18-17-8-14(6-7-16(15)17)12-20-11-13-4-2-1-3-5-13/h1-10,18H,11-12H2. The van der Waals surface area contributed by atoms with E-state index in [4.69, 9.17) is 4.74 Å². The number of aromatic nitrogens is 1. The van der Waals surface area contributed by atoms with Crippen LogP contribution in [-0.2, 0) is 18.0 Å². The molecule has 1 heterocycles. The van der Waals surface area contributed by atoms with Gasteiger partial charge >= 0.3 is 0 Å². The zero-order chi connectivity index (χ0) is 13.8. The first-order valence-corrected chi connectivity index (χ1v) is 6.53. The quantitative estimate of drug-likeness (QED) is 0.715. The Morgan fingerprint density at radius 1 is 1.00 bits per heavy atom. The molecule has 1 N–H and O–H groups in total. The summed E-state index contributed by atoms with van der Waals surface area (Å²) in [7, 11) is 0. The largest absolute Gasteiger partial charge is 0.372 e. The fourth-order valence-electron chi connectivity index (χ4n) is 2.24. The van der Waals surface area contributed by atoms with Gasteiger partial charge in [-0.05, 0) is 17.2 Å². The van der Waals surface area contributed by atoms with E-state index in [0.29, 0.717) is 18.8 Å². The van der Waals surface area contributed by atoms with Crippen molar-refractivity contribution < 1.29 is 9.53 Å². The Kier molecular flexibility index (Phi) is 3.61. The van der Waals surface area contributed by atoms with Crippen molar-refractivity contribution in [3.05, 3.63) is 71.4 Å². The molecule has 3 heteroatoms.